The maximum atomic E-state index is 3.43. The van der Waals surface area contributed by atoms with Crippen molar-refractivity contribution >= 4 is 37.1 Å². The van der Waals surface area contributed by atoms with Gasteiger partial charge in [0.25, 0.3) is 0 Å². The maximum absolute atomic E-state index is 3.43. The minimum Gasteiger partial charge on any atom is -0.300 e. The van der Waals surface area contributed by atoms with Gasteiger partial charge in [0.15, 0.2) is 0 Å². The number of hydrogen-bond donors (Lipinski definition) is 0. The number of nitrogens with zero attached hydrogens (tertiary/aromatic N) is 2. The standard InChI is InChI=1S/2C26H22NP.Fe/c2*1-27(2)26(21-13-6-3-7-14-21)24-19-12-20-25(24)28(22-15-8-4-9-16-22)23-17-10-5-11-18-23;/h2*3-11,13-18,26H,1-2H3;/q2*-1;+2/t2*26-;/m00./s1. The summed E-state index contributed by atoms with van der Waals surface area (Å²) in [6.45, 7) is 0. The number of rotatable bonds is 12. The fourth-order valence-electron chi connectivity index (χ4n) is 7.16. The molecular formula is C52H44FeN2P2. The SMILES string of the molecule is CN(C)[C@H](C1=C=C=C=C1P(c1ccccc1)c1ccccc1)C1=C[CH]C=C[CH-]1.CN(C)[C@H](C1=C=C=C=C1P(c1ccccc1)c1ccccc1)C1=C[CH]C=C[CH-]1.[Fe+2]. The second kappa shape index (κ2) is 20.5. The molecule has 0 spiro atoms. The van der Waals surface area contributed by atoms with Gasteiger partial charge in [-0.3, -0.25) is 9.80 Å². The summed E-state index contributed by atoms with van der Waals surface area (Å²) in [5, 5.41) is 7.68. The molecule has 57 heavy (non-hydrogen) atoms. The molecule has 8 rings (SSSR count). The van der Waals surface area contributed by atoms with Gasteiger partial charge in [-0.05, 0) is 76.7 Å². The topological polar surface area (TPSA) is 6.48 Å². The van der Waals surface area contributed by atoms with Gasteiger partial charge >= 0.3 is 17.1 Å². The summed E-state index contributed by atoms with van der Waals surface area (Å²) in [4.78, 5) is 4.49. The van der Waals surface area contributed by atoms with Crippen molar-refractivity contribution in [2.45, 2.75) is 12.1 Å². The fourth-order valence-corrected chi connectivity index (χ4v) is 11.8. The molecule has 0 saturated carbocycles. The van der Waals surface area contributed by atoms with Crippen LogP contribution >= 0.6 is 15.8 Å². The third-order valence-electron chi connectivity index (χ3n) is 9.58. The van der Waals surface area contributed by atoms with Crippen molar-refractivity contribution in [3.8, 4) is 0 Å². The number of likely N-dealkylation sites (N-methyl/N-ethyl adjacent to an activating group) is 2. The third-order valence-corrected chi connectivity index (χ3v) is 14.4. The Kier molecular flexibility index (Phi) is 15.0. The van der Waals surface area contributed by atoms with E-state index in [4.69, 9.17) is 0 Å². The van der Waals surface area contributed by atoms with Crippen molar-refractivity contribution < 1.29 is 17.1 Å². The van der Waals surface area contributed by atoms with E-state index in [1.165, 1.54) is 43.0 Å². The molecule has 0 saturated heterocycles. The molecule has 2 radical (unpaired) electrons. The van der Waals surface area contributed by atoms with Gasteiger partial charge in [-0.1, -0.05) is 144 Å². The average molecular weight is 815 g/mol. The van der Waals surface area contributed by atoms with E-state index in [2.05, 4.69) is 256 Å². The molecule has 2 nitrogen and oxygen atoms in total. The van der Waals surface area contributed by atoms with E-state index < -0.39 is 15.8 Å². The van der Waals surface area contributed by atoms with Crippen LogP contribution in [-0.2, 0) is 17.1 Å². The van der Waals surface area contributed by atoms with E-state index in [1.807, 2.05) is 0 Å². The normalized spacial score (nSPS) is 15.8. The summed E-state index contributed by atoms with van der Waals surface area (Å²) in [6, 6.07) is 43.2. The second-order valence-electron chi connectivity index (χ2n) is 13.8. The number of allylic oxidation sites excluding steroid dienone is 6. The first-order valence-corrected chi connectivity index (χ1v) is 21.4. The Balaban J connectivity index is 0.000000189. The Bertz CT molecular complexity index is 2180. The van der Waals surface area contributed by atoms with Crippen molar-refractivity contribution in [1.29, 1.82) is 0 Å². The zero-order valence-corrected chi connectivity index (χ0v) is 35.5. The van der Waals surface area contributed by atoms with Gasteiger partial charge in [0.2, 0.25) is 0 Å². The van der Waals surface area contributed by atoms with Crippen molar-refractivity contribution in [2.24, 2.45) is 0 Å². The maximum Gasteiger partial charge on any atom is 2.00 e. The van der Waals surface area contributed by atoms with Crippen molar-refractivity contribution in [3.05, 3.63) is 251 Å². The molecule has 5 heteroatoms. The second-order valence-corrected chi connectivity index (χ2v) is 18.1. The van der Waals surface area contributed by atoms with Crippen molar-refractivity contribution in [1.82, 2.24) is 9.80 Å². The van der Waals surface area contributed by atoms with Gasteiger partial charge < -0.3 is 0 Å². The zero-order valence-electron chi connectivity index (χ0n) is 32.6. The molecule has 0 unspecified atom stereocenters. The minimum atomic E-state index is -0.722. The summed E-state index contributed by atoms with van der Waals surface area (Å²) in [5.74, 6) is 0. The Morgan fingerprint density at radius 2 is 0.772 bits per heavy atom. The van der Waals surface area contributed by atoms with Gasteiger partial charge in [-0.2, -0.15) is 49.3 Å². The van der Waals surface area contributed by atoms with Crippen LogP contribution in [0.4, 0.5) is 0 Å². The van der Waals surface area contributed by atoms with Crippen LogP contribution in [0.5, 0.6) is 0 Å². The van der Waals surface area contributed by atoms with Gasteiger partial charge in [0, 0.05) is 33.9 Å². The molecule has 4 aliphatic carbocycles. The first-order valence-electron chi connectivity index (χ1n) is 18.8. The molecule has 0 fully saturated rings. The molecule has 0 aromatic heterocycles. The first-order chi connectivity index (χ1) is 27.5. The van der Waals surface area contributed by atoms with Crippen LogP contribution in [0.2, 0.25) is 0 Å². The smallest absolute Gasteiger partial charge is 0.300 e. The monoisotopic (exact) mass is 814 g/mol. The molecule has 0 heterocycles. The summed E-state index contributed by atoms with van der Waals surface area (Å²) < 4.78 is 0. The summed E-state index contributed by atoms with van der Waals surface area (Å²) >= 11 is 0. The van der Waals surface area contributed by atoms with Gasteiger partial charge in [-0.25, -0.2) is 0 Å². The van der Waals surface area contributed by atoms with E-state index >= 15 is 0 Å². The van der Waals surface area contributed by atoms with E-state index in [0.717, 1.165) is 11.1 Å². The summed E-state index contributed by atoms with van der Waals surface area (Å²) in [6.07, 6.45) is 21.2. The minimum absolute atomic E-state index is 0. The fraction of sp³-hybridized carbons (Fsp3) is 0.115. The molecule has 4 aliphatic rings. The van der Waals surface area contributed by atoms with Crippen LogP contribution in [0, 0.1) is 25.7 Å². The van der Waals surface area contributed by atoms with Gasteiger partial charge in [-0.15, -0.1) is 24.0 Å². The summed E-state index contributed by atoms with van der Waals surface area (Å²) in [7, 11) is 7.04. The quantitative estimate of drug-likeness (QED) is 0.0610. The van der Waals surface area contributed by atoms with Crippen LogP contribution in [0.3, 0.4) is 0 Å². The third kappa shape index (κ3) is 9.96. The van der Waals surface area contributed by atoms with E-state index in [1.54, 1.807) is 0 Å². The largest absolute Gasteiger partial charge is 2.00 e. The van der Waals surface area contributed by atoms with Crippen LogP contribution in [0.1, 0.15) is 0 Å². The van der Waals surface area contributed by atoms with Crippen molar-refractivity contribution in [2.75, 3.05) is 28.2 Å². The Labute approximate surface area is 353 Å². The van der Waals surface area contributed by atoms with Crippen LogP contribution in [-0.4, -0.2) is 50.1 Å². The molecule has 4 aromatic rings. The first kappa shape index (κ1) is 41.7. The molecule has 2 atom stereocenters. The Morgan fingerprint density at radius 1 is 0.456 bits per heavy atom. The molecular weight excluding hydrogens is 770 g/mol. The molecule has 0 amide bonds. The molecule has 4 aromatic carbocycles. The number of benzene rings is 4. The number of hydrogen-bond acceptors (Lipinski definition) is 2. The Morgan fingerprint density at radius 3 is 1.04 bits per heavy atom. The van der Waals surface area contributed by atoms with Gasteiger partial charge in [0.1, 0.15) is 0 Å². The van der Waals surface area contributed by atoms with Crippen LogP contribution in [0.15, 0.2) is 225 Å². The van der Waals surface area contributed by atoms with E-state index in [0.29, 0.717) is 0 Å². The van der Waals surface area contributed by atoms with E-state index in [9.17, 15) is 0 Å². The van der Waals surface area contributed by atoms with Crippen molar-refractivity contribution in [3.63, 3.8) is 0 Å². The van der Waals surface area contributed by atoms with E-state index in [-0.39, 0.29) is 29.2 Å². The van der Waals surface area contributed by atoms with Crippen LogP contribution < -0.4 is 21.2 Å². The molecule has 0 aliphatic heterocycles. The summed E-state index contributed by atoms with van der Waals surface area (Å²) in [5.41, 5.74) is 24.8. The zero-order chi connectivity index (χ0) is 38.7. The molecule has 0 N–H and O–H groups in total. The predicted molar refractivity (Wildman–Crippen MR) is 240 cm³/mol. The van der Waals surface area contributed by atoms with Crippen LogP contribution in [0.25, 0.3) is 0 Å². The molecule has 0 bridgehead atoms. The predicted octanol–water partition coefficient (Wildman–Crippen LogP) is 9.37. The van der Waals surface area contributed by atoms with Gasteiger partial charge in [0.05, 0.1) is 0 Å². The Hall–Kier alpha value is -4.96. The molecule has 280 valence electrons. The average Bonchev–Trinajstić information content (AvgIpc) is 3.91.